The van der Waals surface area contributed by atoms with Crippen molar-refractivity contribution in [2.75, 3.05) is 0 Å². The third-order valence-corrected chi connectivity index (χ3v) is 8.31. The maximum atomic E-state index is 6.80. The number of alkyl halides is 2. The lowest BCUT2D eigenvalue weighted by atomic mass is 9.88. The van der Waals surface area contributed by atoms with Gasteiger partial charge in [0.1, 0.15) is 0 Å². The van der Waals surface area contributed by atoms with Crippen LogP contribution in [0.5, 0.6) is 0 Å². The largest absolute Gasteiger partial charge is 0.188 e. The van der Waals surface area contributed by atoms with Crippen LogP contribution in [-0.2, 0) is 0 Å². The Morgan fingerprint density at radius 3 is 1.31 bits per heavy atom. The zero-order valence-electron chi connectivity index (χ0n) is 14.3. The first kappa shape index (κ1) is 15.7. The molecule has 0 saturated heterocycles. The Kier molecular flexibility index (Phi) is 3.35. The number of benzene rings is 2. The van der Waals surface area contributed by atoms with Gasteiger partial charge in [-0.25, -0.2) is 0 Å². The first-order valence-corrected chi connectivity index (χ1v) is 10.5. The molecule has 8 unspecified atom stereocenters. The van der Waals surface area contributed by atoms with E-state index < -0.39 is 0 Å². The van der Waals surface area contributed by atoms with E-state index in [1.807, 2.05) is 0 Å². The fraction of sp³-hybridized carbons (Fsp3) is 0.455. The van der Waals surface area contributed by atoms with E-state index in [1.165, 1.54) is 22.3 Å². The highest BCUT2D eigenvalue weighted by molar-refractivity contribution is 6.22. The molecule has 0 heterocycles. The SMILES string of the molecule is ClC1C2CC(c3ccccc32)C1/N=N/C1C2CC(c3ccccc32)C1Cl. The van der Waals surface area contributed by atoms with Crippen molar-refractivity contribution in [3.05, 3.63) is 70.8 Å². The van der Waals surface area contributed by atoms with Crippen LogP contribution in [0.25, 0.3) is 0 Å². The highest BCUT2D eigenvalue weighted by Gasteiger charge is 2.53. The Labute approximate surface area is 163 Å². The van der Waals surface area contributed by atoms with E-state index in [9.17, 15) is 0 Å². The Morgan fingerprint density at radius 1 is 0.577 bits per heavy atom. The van der Waals surface area contributed by atoms with Crippen molar-refractivity contribution in [3.63, 3.8) is 0 Å². The number of hydrogen-bond donors (Lipinski definition) is 0. The monoisotopic (exact) mass is 382 g/mol. The number of nitrogens with zero attached hydrogens (tertiary/aromatic N) is 2. The Bertz CT molecular complexity index is 837. The molecule has 2 aromatic rings. The highest BCUT2D eigenvalue weighted by Crippen LogP contribution is 2.58. The van der Waals surface area contributed by atoms with E-state index in [4.69, 9.17) is 33.4 Å². The molecule has 2 aromatic carbocycles. The van der Waals surface area contributed by atoms with Crippen LogP contribution in [0.2, 0.25) is 0 Å². The van der Waals surface area contributed by atoms with Gasteiger partial charge < -0.3 is 0 Å². The van der Waals surface area contributed by atoms with Gasteiger partial charge >= 0.3 is 0 Å². The summed E-state index contributed by atoms with van der Waals surface area (Å²) in [7, 11) is 0. The summed E-state index contributed by atoms with van der Waals surface area (Å²) in [4.78, 5) is 0. The van der Waals surface area contributed by atoms with Gasteiger partial charge in [0.2, 0.25) is 0 Å². The number of halogens is 2. The van der Waals surface area contributed by atoms with E-state index in [2.05, 4.69) is 48.5 Å². The second kappa shape index (κ2) is 5.56. The van der Waals surface area contributed by atoms with Crippen LogP contribution in [-0.4, -0.2) is 22.8 Å². The predicted octanol–water partition coefficient (Wildman–Crippen LogP) is 5.96. The predicted molar refractivity (Wildman–Crippen MR) is 105 cm³/mol. The van der Waals surface area contributed by atoms with Crippen LogP contribution < -0.4 is 0 Å². The fourth-order valence-electron chi connectivity index (χ4n) is 6.04. The minimum atomic E-state index is 0.0540. The Hall–Kier alpha value is -1.38. The maximum absolute atomic E-state index is 6.80. The van der Waals surface area contributed by atoms with E-state index in [0.29, 0.717) is 23.7 Å². The summed E-state index contributed by atoms with van der Waals surface area (Å²) in [5.74, 6) is 1.69. The first-order valence-electron chi connectivity index (χ1n) is 9.60. The molecule has 26 heavy (non-hydrogen) atoms. The zero-order chi connectivity index (χ0) is 17.4. The molecular formula is C22H20Cl2N2. The molecule has 2 saturated carbocycles. The lowest BCUT2D eigenvalue weighted by Crippen LogP contribution is -2.28. The van der Waals surface area contributed by atoms with Gasteiger partial charge in [-0.05, 0) is 35.1 Å². The molecule has 4 bridgehead atoms. The number of fused-ring (bicyclic) bond motifs is 10. The molecule has 6 rings (SSSR count). The lowest BCUT2D eigenvalue weighted by molar-refractivity contribution is 0.511. The highest BCUT2D eigenvalue weighted by atomic mass is 35.5. The van der Waals surface area contributed by atoms with E-state index >= 15 is 0 Å². The van der Waals surface area contributed by atoms with Gasteiger partial charge in [-0.2, -0.15) is 10.2 Å². The van der Waals surface area contributed by atoms with Crippen molar-refractivity contribution in [1.82, 2.24) is 0 Å². The molecule has 0 aliphatic heterocycles. The molecule has 4 aliphatic rings. The fourth-order valence-corrected chi connectivity index (χ4v) is 6.97. The van der Waals surface area contributed by atoms with Crippen LogP contribution in [0.1, 0.15) is 58.8 Å². The van der Waals surface area contributed by atoms with Crippen molar-refractivity contribution in [1.29, 1.82) is 0 Å². The van der Waals surface area contributed by atoms with Gasteiger partial charge in [-0.1, -0.05) is 48.5 Å². The Balaban J connectivity index is 1.30. The molecular weight excluding hydrogens is 363 g/mol. The number of hydrogen-bond acceptors (Lipinski definition) is 2. The summed E-state index contributed by atoms with van der Waals surface area (Å²) in [5.41, 5.74) is 5.71. The zero-order valence-corrected chi connectivity index (χ0v) is 15.8. The van der Waals surface area contributed by atoms with E-state index in [1.54, 1.807) is 0 Å². The summed E-state index contributed by atoms with van der Waals surface area (Å²) >= 11 is 13.6. The van der Waals surface area contributed by atoms with Gasteiger partial charge in [0, 0.05) is 23.7 Å². The molecule has 0 aromatic heterocycles. The summed E-state index contributed by atoms with van der Waals surface area (Å²) in [6.07, 6.45) is 2.22. The van der Waals surface area contributed by atoms with Gasteiger partial charge in [0.15, 0.2) is 0 Å². The van der Waals surface area contributed by atoms with Crippen LogP contribution in [0.3, 0.4) is 0 Å². The van der Waals surface area contributed by atoms with Crippen molar-refractivity contribution < 1.29 is 0 Å². The van der Waals surface area contributed by atoms with Crippen LogP contribution in [0.15, 0.2) is 58.8 Å². The molecule has 2 fully saturated rings. The average Bonchev–Trinajstić information content (AvgIpc) is 3.39. The van der Waals surface area contributed by atoms with Gasteiger partial charge in [-0.15, -0.1) is 23.2 Å². The lowest BCUT2D eigenvalue weighted by Gasteiger charge is -2.28. The molecule has 0 spiro atoms. The van der Waals surface area contributed by atoms with Crippen LogP contribution in [0.4, 0.5) is 0 Å². The maximum Gasteiger partial charge on any atom is 0.0946 e. The van der Waals surface area contributed by atoms with Gasteiger partial charge in [0.25, 0.3) is 0 Å². The standard InChI is InChI=1S/C22H20Cl2N2/c23-19-15-9-17(13-7-3-1-5-11(13)15)21(19)25-26-22-18-10-16(20(22)24)12-6-2-4-8-14(12)18/h1-8,15-22H,9-10H2/b26-25+. The number of rotatable bonds is 2. The third-order valence-electron chi connectivity index (χ3n) is 7.18. The molecule has 8 atom stereocenters. The minimum Gasteiger partial charge on any atom is -0.188 e. The van der Waals surface area contributed by atoms with Gasteiger partial charge in [0.05, 0.1) is 22.8 Å². The molecule has 0 radical (unpaired) electrons. The van der Waals surface area contributed by atoms with Gasteiger partial charge in [-0.3, -0.25) is 0 Å². The second-order valence-electron chi connectivity index (χ2n) is 8.26. The quantitative estimate of drug-likeness (QED) is 0.452. The second-order valence-corrected chi connectivity index (χ2v) is 9.26. The molecule has 4 heteroatoms. The molecule has 132 valence electrons. The van der Waals surface area contributed by atoms with E-state index in [0.717, 1.165) is 12.8 Å². The first-order chi connectivity index (χ1) is 12.7. The van der Waals surface area contributed by atoms with Crippen molar-refractivity contribution >= 4 is 23.2 Å². The smallest absolute Gasteiger partial charge is 0.0946 e. The van der Waals surface area contributed by atoms with Crippen LogP contribution >= 0.6 is 23.2 Å². The minimum absolute atomic E-state index is 0.0540. The van der Waals surface area contributed by atoms with Crippen molar-refractivity contribution in [3.8, 4) is 0 Å². The summed E-state index contributed by atoms with van der Waals surface area (Å²) in [6, 6.07) is 17.6. The number of azo groups is 1. The topological polar surface area (TPSA) is 24.7 Å². The molecule has 0 amide bonds. The van der Waals surface area contributed by atoms with E-state index in [-0.39, 0.29) is 22.8 Å². The summed E-state index contributed by atoms with van der Waals surface area (Å²) in [5, 5.41) is 9.74. The average molecular weight is 383 g/mol. The molecule has 4 aliphatic carbocycles. The Morgan fingerprint density at radius 2 is 0.923 bits per heavy atom. The third kappa shape index (κ3) is 1.95. The summed E-state index contributed by atoms with van der Waals surface area (Å²) < 4.78 is 0. The molecule has 0 N–H and O–H groups in total. The molecule has 2 nitrogen and oxygen atoms in total. The van der Waals surface area contributed by atoms with Crippen molar-refractivity contribution in [2.45, 2.75) is 59.4 Å². The van der Waals surface area contributed by atoms with Crippen LogP contribution in [0, 0.1) is 0 Å². The normalized spacial score (nSPS) is 41.8. The summed E-state index contributed by atoms with van der Waals surface area (Å²) in [6.45, 7) is 0. The van der Waals surface area contributed by atoms with Crippen molar-refractivity contribution in [2.24, 2.45) is 10.2 Å².